The van der Waals surface area contributed by atoms with Crippen molar-refractivity contribution in [2.24, 2.45) is 0 Å². The Morgan fingerprint density at radius 1 is 1.08 bits per heavy atom. The second-order valence-electron chi connectivity index (χ2n) is 3.65. The van der Waals surface area contributed by atoms with Gasteiger partial charge in [-0.15, -0.1) is 0 Å². The summed E-state index contributed by atoms with van der Waals surface area (Å²) in [6.07, 6.45) is 4.41. The topological polar surface area (TPSA) is 0 Å². The summed E-state index contributed by atoms with van der Waals surface area (Å²) in [4.78, 5) is 0. The van der Waals surface area contributed by atoms with Crippen LogP contribution >= 0.6 is 0 Å². The number of benzene rings is 1. The predicted octanol–water partition coefficient (Wildman–Crippen LogP) is 2.10. The summed E-state index contributed by atoms with van der Waals surface area (Å²) < 4.78 is 0. The van der Waals surface area contributed by atoms with Crippen LogP contribution in [0.15, 0.2) is 24.3 Å². The van der Waals surface area contributed by atoms with Gasteiger partial charge in [-0.1, -0.05) is 60.8 Å². The molecule has 1 aromatic carbocycles. The number of hydrogen-bond acceptors (Lipinski definition) is 0. The molecule has 0 N–H and O–H groups in total. The van der Waals surface area contributed by atoms with Crippen molar-refractivity contribution < 1.29 is 0 Å². The molecular formula is C11H15Si. The lowest BCUT2D eigenvalue weighted by Crippen LogP contribution is -2.31. The van der Waals surface area contributed by atoms with E-state index in [-0.39, 0.29) is 0 Å². The first-order valence-corrected chi connectivity index (χ1v) is 7.14. The summed E-state index contributed by atoms with van der Waals surface area (Å²) in [5, 5.41) is 1.57. The Morgan fingerprint density at radius 3 is 2.58 bits per heavy atom. The van der Waals surface area contributed by atoms with Crippen molar-refractivity contribution >= 4 is 14.0 Å². The zero-order chi connectivity index (χ0) is 8.23. The van der Waals surface area contributed by atoms with Crippen molar-refractivity contribution in [1.82, 2.24) is 0 Å². The summed E-state index contributed by atoms with van der Waals surface area (Å²) >= 11 is 0. The van der Waals surface area contributed by atoms with Gasteiger partial charge >= 0.3 is 0 Å². The van der Waals surface area contributed by atoms with E-state index in [0.29, 0.717) is 0 Å². The van der Waals surface area contributed by atoms with Crippen LogP contribution in [0.4, 0.5) is 0 Å². The highest BCUT2D eigenvalue weighted by atomic mass is 28.3. The molecule has 0 aliphatic carbocycles. The highest BCUT2D eigenvalue weighted by molar-refractivity contribution is 6.73. The molecule has 1 saturated heterocycles. The highest BCUT2D eigenvalue weighted by Crippen LogP contribution is 2.18. The molecule has 0 unspecified atom stereocenters. The van der Waals surface area contributed by atoms with Crippen molar-refractivity contribution in [1.29, 1.82) is 0 Å². The minimum absolute atomic E-state index is 0.540. The van der Waals surface area contributed by atoms with Crippen molar-refractivity contribution in [2.75, 3.05) is 0 Å². The van der Waals surface area contributed by atoms with Crippen LogP contribution in [0.1, 0.15) is 19.3 Å². The Labute approximate surface area is 76.2 Å². The minimum atomic E-state index is -0.540. The van der Waals surface area contributed by atoms with E-state index in [9.17, 15) is 0 Å². The molecule has 1 aliphatic rings. The SMILES string of the molecule is [c]1ccccc1[SiH]1CCCCC1. The number of hydrogen-bond donors (Lipinski definition) is 0. The van der Waals surface area contributed by atoms with Crippen molar-refractivity contribution in [3.8, 4) is 0 Å². The van der Waals surface area contributed by atoms with Gasteiger partial charge in [-0.05, 0) is 6.07 Å². The summed E-state index contributed by atoms with van der Waals surface area (Å²) in [5.74, 6) is 0. The van der Waals surface area contributed by atoms with Gasteiger partial charge in [0, 0.05) is 0 Å². The predicted molar refractivity (Wildman–Crippen MR) is 55.5 cm³/mol. The second-order valence-corrected chi connectivity index (χ2v) is 6.82. The molecule has 0 saturated carbocycles. The molecule has 0 aromatic heterocycles. The van der Waals surface area contributed by atoms with E-state index in [1.54, 1.807) is 5.19 Å². The fraction of sp³-hybridized carbons (Fsp3) is 0.455. The Balaban J connectivity index is 2.08. The van der Waals surface area contributed by atoms with Crippen molar-refractivity contribution in [3.63, 3.8) is 0 Å². The molecule has 1 aromatic rings. The van der Waals surface area contributed by atoms with E-state index < -0.39 is 8.80 Å². The van der Waals surface area contributed by atoms with E-state index in [2.05, 4.69) is 30.3 Å². The molecular weight excluding hydrogens is 160 g/mol. The minimum Gasteiger partial charge on any atom is -0.0627 e. The van der Waals surface area contributed by atoms with Gasteiger partial charge in [-0.3, -0.25) is 0 Å². The van der Waals surface area contributed by atoms with Gasteiger partial charge in [-0.2, -0.15) is 0 Å². The maximum atomic E-state index is 3.40. The van der Waals surface area contributed by atoms with Crippen LogP contribution in [-0.2, 0) is 0 Å². The number of rotatable bonds is 1. The molecule has 63 valence electrons. The lowest BCUT2D eigenvalue weighted by molar-refractivity contribution is 0.727. The van der Waals surface area contributed by atoms with Crippen LogP contribution in [0.5, 0.6) is 0 Å². The van der Waals surface area contributed by atoms with E-state index in [1.165, 1.54) is 31.4 Å². The van der Waals surface area contributed by atoms with E-state index in [1.807, 2.05) is 0 Å². The summed E-state index contributed by atoms with van der Waals surface area (Å²) in [6, 6.07) is 15.0. The van der Waals surface area contributed by atoms with Crippen molar-refractivity contribution in [2.45, 2.75) is 31.4 Å². The smallest absolute Gasteiger partial charge is 0.0627 e. The Bertz CT molecular complexity index is 224. The normalized spacial score (nSPS) is 19.3. The van der Waals surface area contributed by atoms with Gasteiger partial charge in [0.05, 0.1) is 8.80 Å². The average Bonchev–Trinajstić information content (AvgIpc) is 2.21. The van der Waals surface area contributed by atoms with E-state index in [4.69, 9.17) is 0 Å². The third-order valence-electron chi connectivity index (χ3n) is 2.78. The highest BCUT2D eigenvalue weighted by Gasteiger charge is 2.16. The van der Waals surface area contributed by atoms with Crippen LogP contribution in [0.25, 0.3) is 0 Å². The molecule has 1 radical (unpaired) electrons. The molecule has 0 amide bonds. The van der Waals surface area contributed by atoms with Crippen molar-refractivity contribution in [3.05, 3.63) is 30.3 Å². The van der Waals surface area contributed by atoms with E-state index in [0.717, 1.165) is 0 Å². The molecule has 1 aliphatic heterocycles. The van der Waals surface area contributed by atoms with Gasteiger partial charge in [-0.25, -0.2) is 0 Å². The van der Waals surface area contributed by atoms with Crippen LogP contribution in [0, 0.1) is 6.07 Å². The molecule has 12 heavy (non-hydrogen) atoms. The lowest BCUT2D eigenvalue weighted by Gasteiger charge is -2.19. The Kier molecular flexibility index (Phi) is 2.62. The summed E-state index contributed by atoms with van der Waals surface area (Å²) in [7, 11) is -0.540. The average molecular weight is 175 g/mol. The third-order valence-corrected chi connectivity index (χ3v) is 6.23. The molecule has 2 rings (SSSR count). The Hall–Kier alpha value is -0.563. The molecule has 1 fully saturated rings. The van der Waals surface area contributed by atoms with Gasteiger partial charge in [0.1, 0.15) is 0 Å². The molecule has 1 heteroatoms. The van der Waals surface area contributed by atoms with Crippen LogP contribution in [0.3, 0.4) is 0 Å². The maximum absolute atomic E-state index is 3.40. The van der Waals surface area contributed by atoms with E-state index >= 15 is 0 Å². The summed E-state index contributed by atoms with van der Waals surface area (Å²) in [5.41, 5.74) is 0. The molecule has 1 heterocycles. The zero-order valence-corrected chi connectivity index (χ0v) is 8.58. The fourth-order valence-electron chi connectivity index (χ4n) is 2.07. The van der Waals surface area contributed by atoms with Gasteiger partial charge in [0.15, 0.2) is 0 Å². The van der Waals surface area contributed by atoms with Crippen LogP contribution in [-0.4, -0.2) is 8.80 Å². The molecule has 0 nitrogen and oxygen atoms in total. The maximum Gasteiger partial charge on any atom is 0.0716 e. The fourth-order valence-corrected chi connectivity index (χ4v) is 5.26. The first-order valence-electron chi connectivity index (χ1n) is 4.93. The standard InChI is InChI=1S/C11H15Si/c1-3-7-11(8-4-1)12-9-5-2-6-10-12/h1,3-4,7,12H,2,5-6,9-10H2. The Morgan fingerprint density at radius 2 is 1.92 bits per heavy atom. The van der Waals surface area contributed by atoms with Crippen LogP contribution in [0.2, 0.25) is 12.1 Å². The quantitative estimate of drug-likeness (QED) is 0.573. The lowest BCUT2D eigenvalue weighted by atomic mass is 10.3. The first kappa shape index (κ1) is 8.05. The van der Waals surface area contributed by atoms with Gasteiger partial charge < -0.3 is 0 Å². The molecule has 0 bridgehead atoms. The first-order chi connectivity index (χ1) is 5.97. The second kappa shape index (κ2) is 3.90. The van der Waals surface area contributed by atoms with Crippen LogP contribution < -0.4 is 5.19 Å². The monoisotopic (exact) mass is 175 g/mol. The third kappa shape index (κ3) is 1.78. The van der Waals surface area contributed by atoms with Gasteiger partial charge in [0.2, 0.25) is 0 Å². The van der Waals surface area contributed by atoms with Gasteiger partial charge in [0.25, 0.3) is 0 Å². The molecule has 0 atom stereocenters. The molecule has 0 spiro atoms. The largest absolute Gasteiger partial charge is 0.0716 e. The zero-order valence-electron chi connectivity index (χ0n) is 7.42. The summed E-state index contributed by atoms with van der Waals surface area (Å²) in [6.45, 7) is 0.